The third-order valence-electron chi connectivity index (χ3n) is 3.18. The summed E-state index contributed by atoms with van der Waals surface area (Å²) in [5, 5.41) is 0. The summed E-state index contributed by atoms with van der Waals surface area (Å²) in [5.41, 5.74) is 0.159. The number of hydrogen-bond acceptors (Lipinski definition) is 2. The summed E-state index contributed by atoms with van der Waals surface area (Å²) in [4.78, 5) is 11.8. The first kappa shape index (κ1) is 11.1. The molecule has 3 heteroatoms. The Bertz CT molecular complexity index is 397. The van der Waals surface area contributed by atoms with E-state index >= 15 is 0 Å². The van der Waals surface area contributed by atoms with E-state index in [2.05, 4.69) is 0 Å². The monoisotopic (exact) mass is 222 g/mol. The van der Waals surface area contributed by atoms with Gasteiger partial charge in [0, 0.05) is 6.42 Å². The minimum absolute atomic E-state index is 0.110. The molecule has 0 aliphatic heterocycles. The number of ether oxygens (including phenoxy) is 1. The SMILES string of the molecule is COc1cccc(C(=O)CC2CCC2)c1F. The summed E-state index contributed by atoms with van der Waals surface area (Å²) < 4.78 is 18.6. The topological polar surface area (TPSA) is 26.3 Å². The number of methoxy groups -OCH3 is 1. The Balaban J connectivity index is 2.15. The highest BCUT2D eigenvalue weighted by Gasteiger charge is 2.23. The molecule has 1 fully saturated rings. The Morgan fingerprint density at radius 2 is 2.25 bits per heavy atom. The minimum atomic E-state index is -0.533. The first-order valence-corrected chi connectivity index (χ1v) is 5.58. The lowest BCUT2D eigenvalue weighted by Gasteiger charge is -2.24. The summed E-state index contributed by atoms with van der Waals surface area (Å²) >= 11 is 0. The molecule has 1 aliphatic carbocycles. The highest BCUT2D eigenvalue weighted by atomic mass is 19.1. The van der Waals surface area contributed by atoms with E-state index in [-0.39, 0.29) is 17.1 Å². The maximum atomic E-state index is 13.7. The number of Topliss-reactive ketones (excluding diaryl/α,β-unsaturated/α-hetero) is 1. The number of carbonyl (C=O) groups excluding carboxylic acids is 1. The van der Waals surface area contributed by atoms with Gasteiger partial charge in [-0.3, -0.25) is 4.79 Å². The smallest absolute Gasteiger partial charge is 0.175 e. The summed E-state index contributed by atoms with van der Waals surface area (Å²) in [6.07, 6.45) is 3.84. The van der Waals surface area contributed by atoms with Crippen molar-refractivity contribution in [1.82, 2.24) is 0 Å². The molecule has 0 N–H and O–H groups in total. The molecule has 1 aromatic carbocycles. The molecule has 1 aliphatic rings. The number of carbonyl (C=O) groups is 1. The van der Waals surface area contributed by atoms with Crippen LogP contribution in [0.2, 0.25) is 0 Å². The van der Waals surface area contributed by atoms with Crippen LogP contribution < -0.4 is 4.74 Å². The van der Waals surface area contributed by atoms with Crippen molar-refractivity contribution in [2.24, 2.45) is 5.92 Å². The predicted octanol–water partition coefficient (Wildman–Crippen LogP) is 3.21. The van der Waals surface area contributed by atoms with Crippen molar-refractivity contribution >= 4 is 5.78 Å². The van der Waals surface area contributed by atoms with E-state index in [4.69, 9.17) is 4.74 Å². The average molecular weight is 222 g/mol. The van der Waals surface area contributed by atoms with E-state index in [0.29, 0.717) is 12.3 Å². The number of halogens is 1. The summed E-state index contributed by atoms with van der Waals surface area (Å²) in [6.45, 7) is 0. The molecular weight excluding hydrogens is 207 g/mol. The first-order chi connectivity index (χ1) is 7.72. The van der Waals surface area contributed by atoms with Gasteiger partial charge in [-0.05, 0) is 18.1 Å². The van der Waals surface area contributed by atoms with E-state index in [1.165, 1.54) is 25.7 Å². The Morgan fingerprint density at radius 1 is 1.50 bits per heavy atom. The lowest BCUT2D eigenvalue weighted by atomic mass is 9.81. The van der Waals surface area contributed by atoms with Gasteiger partial charge in [-0.15, -0.1) is 0 Å². The van der Waals surface area contributed by atoms with Crippen LogP contribution in [0.15, 0.2) is 18.2 Å². The Hall–Kier alpha value is -1.38. The van der Waals surface area contributed by atoms with E-state index in [9.17, 15) is 9.18 Å². The van der Waals surface area contributed by atoms with Crippen LogP contribution in [0.25, 0.3) is 0 Å². The molecule has 0 saturated heterocycles. The van der Waals surface area contributed by atoms with Crippen molar-refractivity contribution in [2.75, 3.05) is 7.11 Å². The Kier molecular flexibility index (Phi) is 3.22. The standard InChI is InChI=1S/C13H15FO2/c1-16-12-7-3-6-10(13(12)14)11(15)8-9-4-2-5-9/h3,6-7,9H,2,4-5,8H2,1H3. The minimum Gasteiger partial charge on any atom is -0.494 e. The van der Waals surface area contributed by atoms with E-state index in [1.807, 2.05) is 0 Å². The van der Waals surface area contributed by atoms with Crippen molar-refractivity contribution in [3.05, 3.63) is 29.6 Å². The molecule has 0 heterocycles. The molecule has 0 radical (unpaired) electrons. The molecule has 1 saturated carbocycles. The molecule has 0 bridgehead atoms. The van der Waals surface area contributed by atoms with Gasteiger partial charge >= 0.3 is 0 Å². The molecule has 0 amide bonds. The molecule has 0 atom stereocenters. The first-order valence-electron chi connectivity index (χ1n) is 5.58. The van der Waals surface area contributed by atoms with E-state index in [1.54, 1.807) is 6.07 Å². The van der Waals surface area contributed by atoms with Gasteiger partial charge in [0.15, 0.2) is 17.3 Å². The van der Waals surface area contributed by atoms with Crippen LogP contribution in [0.1, 0.15) is 36.0 Å². The van der Waals surface area contributed by atoms with Gasteiger partial charge in [-0.25, -0.2) is 4.39 Å². The van der Waals surface area contributed by atoms with E-state index in [0.717, 1.165) is 12.8 Å². The van der Waals surface area contributed by atoms with Crippen LogP contribution in [0.3, 0.4) is 0 Å². The largest absolute Gasteiger partial charge is 0.494 e. The lowest BCUT2D eigenvalue weighted by molar-refractivity contribution is 0.0931. The van der Waals surface area contributed by atoms with Crippen LogP contribution >= 0.6 is 0 Å². The van der Waals surface area contributed by atoms with Crippen molar-refractivity contribution in [3.8, 4) is 5.75 Å². The van der Waals surface area contributed by atoms with Gasteiger partial charge < -0.3 is 4.74 Å². The molecule has 16 heavy (non-hydrogen) atoms. The zero-order valence-corrected chi connectivity index (χ0v) is 9.33. The maximum absolute atomic E-state index is 13.7. The number of rotatable bonds is 4. The second-order valence-corrected chi connectivity index (χ2v) is 4.25. The van der Waals surface area contributed by atoms with Crippen molar-refractivity contribution in [3.63, 3.8) is 0 Å². The Morgan fingerprint density at radius 3 is 2.81 bits per heavy atom. The third kappa shape index (κ3) is 2.08. The van der Waals surface area contributed by atoms with Gasteiger partial charge in [0.05, 0.1) is 12.7 Å². The molecule has 2 rings (SSSR count). The van der Waals surface area contributed by atoms with Crippen molar-refractivity contribution in [1.29, 1.82) is 0 Å². The quantitative estimate of drug-likeness (QED) is 0.731. The molecule has 86 valence electrons. The predicted molar refractivity (Wildman–Crippen MR) is 59.2 cm³/mol. The van der Waals surface area contributed by atoms with Crippen molar-refractivity contribution < 1.29 is 13.9 Å². The van der Waals surface area contributed by atoms with Gasteiger partial charge in [-0.1, -0.05) is 25.3 Å². The summed E-state index contributed by atoms with van der Waals surface area (Å²) in [7, 11) is 1.40. The second kappa shape index (κ2) is 4.64. The van der Waals surface area contributed by atoms with Crippen LogP contribution in [0, 0.1) is 11.7 Å². The average Bonchev–Trinajstić information content (AvgIpc) is 2.23. The zero-order valence-electron chi connectivity index (χ0n) is 9.33. The molecular formula is C13H15FO2. The summed E-state index contributed by atoms with van der Waals surface area (Å²) in [5.74, 6) is -0.0482. The van der Waals surface area contributed by atoms with Gasteiger partial charge in [0.2, 0.25) is 0 Å². The molecule has 1 aromatic rings. The number of benzene rings is 1. The molecule has 2 nitrogen and oxygen atoms in total. The molecule has 0 aromatic heterocycles. The van der Waals surface area contributed by atoms with Crippen LogP contribution in [0.5, 0.6) is 5.75 Å². The molecule has 0 spiro atoms. The molecule has 0 unspecified atom stereocenters. The fraction of sp³-hybridized carbons (Fsp3) is 0.462. The number of hydrogen-bond donors (Lipinski definition) is 0. The highest BCUT2D eigenvalue weighted by Crippen LogP contribution is 2.31. The van der Waals surface area contributed by atoms with Gasteiger partial charge in [0.1, 0.15) is 0 Å². The van der Waals surface area contributed by atoms with Crippen LogP contribution in [0.4, 0.5) is 4.39 Å². The zero-order chi connectivity index (χ0) is 11.5. The van der Waals surface area contributed by atoms with E-state index < -0.39 is 5.82 Å². The second-order valence-electron chi connectivity index (χ2n) is 4.25. The fourth-order valence-electron chi connectivity index (χ4n) is 1.95. The summed E-state index contributed by atoms with van der Waals surface area (Å²) in [6, 6.07) is 4.70. The maximum Gasteiger partial charge on any atom is 0.175 e. The van der Waals surface area contributed by atoms with Gasteiger partial charge in [0.25, 0.3) is 0 Å². The van der Waals surface area contributed by atoms with Crippen LogP contribution in [-0.2, 0) is 0 Å². The van der Waals surface area contributed by atoms with Crippen LogP contribution in [-0.4, -0.2) is 12.9 Å². The Labute approximate surface area is 94.4 Å². The fourth-order valence-corrected chi connectivity index (χ4v) is 1.95. The lowest BCUT2D eigenvalue weighted by Crippen LogP contribution is -2.16. The third-order valence-corrected chi connectivity index (χ3v) is 3.18. The number of ketones is 1. The normalized spacial score (nSPS) is 15.6. The highest BCUT2D eigenvalue weighted by molar-refractivity contribution is 5.96. The van der Waals surface area contributed by atoms with Crippen molar-refractivity contribution in [2.45, 2.75) is 25.7 Å². The van der Waals surface area contributed by atoms with Gasteiger partial charge in [-0.2, -0.15) is 0 Å².